The molecule has 8 atom stereocenters. The average Bonchev–Trinajstić information content (AvgIpc) is 2.84. The van der Waals surface area contributed by atoms with Gasteiger partial charge in [-0.15, -0.1) is 0 Å². The van der Waals surface area contributed by atoms with Crippen LogP contribution >= 0.6 is 0 Å². The van der Waals surface area contributed by atoms with Crippen LogP contribution in [0.1, 0.15) is 85.0 Å². The highest BCUT2D eigenvalue weighted by Crippen LogP contribution is 2.67. The molecule has 0 radical (unpaired) electrons. The lowest BCUT2D eigenvalue weighted by Gasteiger charge is -2.60. The first-order valence-electron chi connectivity index (χ1n) is 10.1. The van der Waals surface area contributed by atoms with E-state index in [2.05, 4.69) is 13.8 Å². The fraction of sp³-hybridized carbons (Fsp3) is 1.00. The summed E-state index contributed by atoms with van der Waals surface area (Å²) in [6.07, 6.45) is 14.4. The molecule has 0 aromatic carbocycles. The van der Waals surface area contributed by atoms with Gasteiger partial charge in [0.2, 0.25) is 0 Å². The van der Waals surface area contributed by atoms with Crippen LogP contribution in [0.5, 0.6) is 0 Å². The monoisotopic (exact) mass is 304 g/mol. The molecule has 1 N–H and O–H groups in total. The standard InChI is InChI=1S/C21H36O/c1-14(22)17-9-10-18-16-8-7-15-6-4-5-12-20(15,2)19(16)11-13-21(17,18)3/h14-19,22H,4-13H2,1-3H3/t14?,15-,16+,17+,18-,19-,20-,21-/m0/s1. The van der Waals surface area contributed by atoms with E-state index in [-0.39, 0.29) is 6.10 Å². The van der Waals surface area contributed by atoms with Crippen molar-refractivity contribution in [1.29, 1.82) is 0 Å². The molecule has 1 heteroatoms. The van der Waals surface area contributed by atoms with E-state index in [9.17, 15) is 5.11 Å². The molecule has 0 amide bonds. The van der Waals surface area contributed by atoms with Crippen molar-refractivity contribution in [2.45, 2.75) is 91.1 Å². The van der Waals surface area contributed by atoms with Gasteiger partial charge in [0, 0.05) is 0 Å². The Balaban J connectivity index is 1.62. The first-order chi connectivity index (χ1) is 10.5. The summed E-state index contributed by atoms with van der Waals surface area (Å²) in [6.45, 7) is 7.24. The Kier molecular flexibility index (Phi) is 3.68. The second-order valence-electron chi connectivity index (χ2n) is 9.87. The summed E-state index contributed by atoms with van der Waals surface area (Å²) in [4.78, 5) is 0. The van der Waals surface area contributed by atoms with Crippen LogP contribution in [0.15, 0.2) is 0 Å². The zero-order chi connectivity index (χ0) is 15.5. The molecule has 4 aliphatic rings. The van der Waals surface area contributed by atoms with E-state index in [0.717, 1.165) is 23.7 Å². The SMILES string of the molecule is CC(O)[C@H]1CC[C@H]2[C@H]3CC[C@@H]4CCCC[C@]4(C)[C@H]3CC[C@@]12C. The van der Waals surface area contributed by atoms with Crippen molar-refractivity contribution < 1.29 is 5.11 Å². The maximum absolute atomic E-state index is 10.3. The highest BCUT2D eigenvalue weighted by atomic mass is 16.3. The maximum Gasteiger partial charge on any atom is 0.0545 e. The summed E-state index contributed by atoms with van der Waals surface area (Å²) in [5.74, 6) is 4.47. The molecule has 1 unspecified atom stereocenters. The van der Waals surface area contributed by atoms with Crippen LogP contribution in [0.2, 0.25) is 0 Å². The Bertz CT molecular complexity index is 430. The van der Waals surface area contributed by atoms with E-state index < -0.39 is 0 Å². The smallest absolute Gasteiger partial charge is 0.0545 e. The van der Waals surface area contributed by atoms with Gasteiger partial charge < -0.3 is 5.11 Å². The number of hydrogen-bond acceptors (Lipinski definition) is 1. The predicted octanol–water partition coefficient (Wildman–Crippen LogP) is 5.42. The molecular formula is C21H36O. The number of fused-ring (bicyclic) bond motifs is 5. The molecular weight excluding hydrogens is 268 g/mol. The largest absolute Gasteiger partial charge is 0.393 e. The first kappa shape index (κ1) is 15.5. The van der Waals surface area contributed by atoms with Gasteiger partial charge in [0.1, 0.15) is 0 Å². The fourth-order valence-corrected chi connectivity index (χ4v) is 8.13. The topological polar surface area (TPSA) is 20.2 Å². The molecule has 22 heavy (non-hydrogen) atoms. The molecule has 0 spiro atoms. The van der Waals surface area contributed by atoms with E-state index >= 15 is 0 Å². The van der Waals surface area contributed by atoms with Crippen LogP contribution < -0.4 is 0 Å². The molecule has 4 aliphatic carbocycles. The number of aliphatic hydroxyl groups is 1. The lowest BCUT2D eigenvalue weighted by molar-refractivity contribution is -0.118. The van der Waals surface area contributed by atoms with Crippen molar-refractivity contribution >= 4 is 0 Å². The van der Waals surface area contributed by atoms with E-state index in [1.165, 1.54) is 64.2 Å². The van der Waals surface area contributed by atoms with Crippen LogP contribution in [0.4, 0.5) is 0 Å². The Hall–Kier alpha value is -0.0400. The van der Waals surface area contributed by atoms with E-state index in [1.807, 2.05) is 6.92 Å². The third-order valence-corrected chi connectivity index (χ3v) is 9.24. The van der Waals surface area contributed by atoms with Gasteiger partial charge in [0.25, 0.3) is 0 Å². The van der Waals surface area contributed by atoms with Crippen molar-refractivity contribution in [1.82, 2.24) is 0 Å². The van der Waals surface area contributed by atoms with E-state index in [0.29, 0.717) is 16.7 Å². The van der Waals surface area contributed by atoms with Crippen LogP contribution in [0, 0.1) is 40.4 Å². The molecule has 0 saturated heterocycles. The van der Waals surface area contributed by atoms with Crippen LogP contribution in [-0.2, 0) is 0 Å². The normalized spacial score (nSPS) is 55.9. The second kappa shape index (κ2) is 5.23. The summed E-state index contributed by atoms with van der Waals surface area (Å²) in [5, 5.41) is 10.3. The van der Waals surface area contributed by atoms with Crippen molar-refractivity contribution in [2.75, 3.05) is 0 Å². The minimum Gasteiger partial charge on any atom is -0.393 e. The molecule has 4 saturated carbocycles. The Morgan fingerprint density at radius 3 is 2.36 bits per heavy atom. The molecule has 0 bridgehead atoms. The third-order valence-electron chi connectivity index (χ3n) is 9.24. The molecule has 4 rings (SSSR count). The van der Waals surface area contributed by atoms with Gasteiger partial charge in [-0.2, -0.15) is 0 Å². The molecule has 0 aromatic rings. The van der Waals surface area contributed by atoms with Gasteiger partial charge in [0.05, 0.1) is 6.10 Å². The highest BCUT2D eigenvalue weighted by Gasteiger charge is 2.60. The quantitative estimate of drug-likeness (QED) is 0.686. The minimum atomic E-state index is -0.104. The van der Waals surface area contributed by atoms with Crippen molar-refractivity contribution in [3.05, 3.63) is 0 Å². The average molecular weight is 305 g/mol. The van der Waals surface area contributed by atoms with E-state index in [4.69, 9.17) is 0 Å². The lowest BCUT2D eigenvalue weighted by Crippen LogP contribution is -2.53. The van der Waals surface area contributed by atoms with Crippen molar-refractivity contribution in [2.24, 2.45) is 40.4 Å². The summed E-state index contributed by atoms with van der Waals surface area (Å²) < 4.78 is 0. The van der Waals surface area contributed by atoms with Gasteiger partial charge in [-0.1, -0.05) is 26.7 Å². The van der Waals surface area contributed by atoms with Crippen molar-refractivity contribution in [3.63, 3.8) is 0 Å². The molecule has 126 valence electrons. The summed E-state index contributed by atoms with van der Waals surface area (Å²) in [6, 6.07) is 0. The van der Waals surface area contributed by atoms with Gasteiger partial charge in [-0.25, -0.2) is 0 Å². The zero-order valence-corrected chi connectivity index (χ0v) is 15.0. The molecule has 0 aliphatic heterocycles. The predicted molar refractivity (Wildman–Crippen MR) is 91.5 cm³/mol. The molecule has 1 nitrogen and oxygen atoms in total. The second-order valence-corrected chi connectivity index (χ2v) is 9.87. The first-order valence-corrected chi connectivity index (χ1v) is 10.1. The summed E-state index contributed by atoms with van der Waals surface area (Å²) in [7, 11) is 0. The third kappa shape index (κ3) is 2.00. The fourth-order valence-electron chi connectivity index (χ4n) is 8.13. The van der Waals surface area contributed by atoms with Gasteiger partial charge in [0.15, 0.2) is 0 Å². The van der Waals surface area contributed by atoms with Gasteiger partial charge in [-0.05, 0) is 98.7 Å². The van der Waals surface area contributed by atoms with E-state index in [1.54, 1.807) is 0 Å². The van der Waals surface area contributed by atoms with Crippen LogP contribution in [0.25, 0.3) is 0 Å². The lowest BCUT2D eigenvalue weighted by atomic mass is 9.45. The number of aliphatic hydroxyl groups excluding tert-OH is 1. The molecule has 0 heterocycles. The Morgan fingerprint density at radius 2 is 1.59 bits per heavy atom. The molecule has 0 aromatic heterocycles. The number of hydrogen-bond donors (Lipinski definition) is 1. The summed E-state index contributed by atoms with van der Waals surface area (Å²) in [5.41, 5.74) is 1.10. The molecule has 4 fully saturated rings. The van der Waals surface area contributed by atoms with Crippen LogP contribution in [0.3, 0.4) is 0 Å². The summed E-state index contributed by atoms with van der Waals surface area (Å²) >= 11 is 0. The Labute approximate surface area is 137 Å². The highest BCUT2D eigenvalue weighted by molar-refractivity contribution is 5.09. The van der Waals surface area contributed by atoms with Gasteiger partial charge in [-0.3, -0.25) is 0 Å². The van der Waals surface area contributed by atoms with Crippen LogP contribution in [-0.4, -0.2) is 11.2 Å². The number of rotatable bonds is 1. The Morgan fingerprint density at radius 1 is 0.818 bits per heavy atom. The van der Waals surface area contributed by atoms with Gasteiger partial charge >= 0.3 is 0 Å². The maximum atomic E-state index is 10.3. The van der Waals surface area contributed by atoms with Crippen molar-refractivity contribution in [3.8, 4) is 0 Å². The zero-order valence-electron chi connectivity index (χ0n) is 15.0. The minimum absolute atomic E-state index is 0.104.